The Labute approximate surface area is 245 Å². The topological polar surface area (TPSA) is 135 Å². The Hall–Kier alpha value is -0.710. The van der Waals surface area contributed by atoms with Gasteiger partial charge in [-0.15, -0.1) is 0 Å². The van der Waals surface area contributed by atoms with Gasteiger partial charge in [-0.2, -0.15) is 8.42 Å². The van der Waals surface area contributed by atoms with Crippen LogP contribution in [0.15, 0.2) is 60.7 Å². The van der Waals surface area contributed by atoms with Crippen LogP contribution in [0, 0.1) is 5.41 Å². The van der Waals surface area contributed by atoms with Crippen LogP contribution in [-0.2, 0) is 32.5 Å². The molecule has 10 heteroatoms. The number of carbonyl (C=O) groups excluding carboxylic acids is 2. The Morgan fingerprint density at radius 1 is 0.765 bits per heavy atom. The van der Waals surface area contributed by atoms with Gasteiger partial charge in [0.1, 0.15) is 5.25 Å². The van der Waals surface area contributed by atoms with Crippen molar-refractivity contribution >= 4 is 22.1 Å². The van der Waals surface area contributed by atoms with Gasteiger partial charge in [0, 0.05) is 11.4 Å². The summed E-state index contributed by atoms with van der Waals surface area (Å²) in [5.41, 5.74) is -0.221. The maximum Gasteiger partial charge on any atom is 1.00 e. The van der Waals surface area contributed by atoms with Crippen LogP contribution in [0.1, 0.15) is 49.7 Å². The number of hydrogen-bond donors (Lipinski definition) is 1. The van der Waals surface area contributed by atoms with Gasteiger partial charge in [-0.05, 0) is 49.7 Å². The average Bonchev–Trinajstić information content (AvgIpc) is 2.74. The van der Waals surface area contributed by atoms with Crippen LogP contribution < -0.4 is 69.3 Å². The molecule has 1 unspecified atom stereocenters. The number of unbranched alkanes of at least 4 members (excludes halogenated alkanes) is 2. The van der Waals surface area contributed by atoms with Gasteiger partial charge in [0.2, 0.25) is 0 Å². The van der Waals surface area contributed by atoms with E-state index in [9.17, 15) is 32.8 Å². The molecule has 0 saturated heterocycles. The number of carboxylic acids is 2. The van der Waals surface area contributed by atoms with Crippen molar-refractivity contribution in [2.45, 2.75) is 56.6 Å². The van der Waals surface area contributed by atoms with Crippen molar-refractivity contribution in [2.75, 3.05) is 0 Å². The molecule has 34 heavy (non-hydrogen) atoms. The molecule has 0 saturated carbocycles. The summed E-state index contributed by atoms with van der Waals surface area (Å²) in [4.78, 5) is 23.8. The zero-order valence-electron chi connectivity index (χ0n) is 19.8. The predicted octanol–water partition coefficient (Wildman–Crippen LogP) is -4.44. The summed E-state index contributed by atoms with van der Waals surface area (Å²) in [6.45, 7) is 0. The van der Waals surface area contributed by atoms with Crippen LogP contribution in [0.25, 0.3) is 0 Å². The third kappa shape index (κ3) is 10.1. The molecule has 0 radical (unpaired) electrons. The first-order valence-corrected chi connectivity index (χ1v) is 12.1. The molecule has 174 valence electrons. The van der Waals surface area contributed by atoms with Crippen molar-refractivity contribution in [3.8, 4) is 0 Å². The predicted molar refractivity (Wildman–Crippen MR) is 116 cm³/mol. The molecule has 0 aliphatic heterocycles. The summed E-state index contributed by atoms with van der Waals surface area (Å²) in [5, 5.41) is 21.2. The van der Waals surface area contributed by atoms with Gasteiger partial charge in [0.25, 0.3) is 10.1 Å². The van der Waals surface area contributed by atoms with Crippen LogP contribution in [0.2, 0.25) is 0 Å². The Morgan fingerprint density at radius 3 is 1.44 bits per heavy atom. The molecule has 0 heterocycles. The molecule has 7 nitrogen and oxygen atoms in total. The molecule has 2 rings (SSSR count). The van der Waals surface area contributed by atoms with Gasteiger partial charge in [0.15, 0.2) is 0 Å². The SMILES string of the molecule is O=C([O-])C(C(CCCCc1ccccc1)(CCCCc1ccccc1)C(=O)[O-])S(=O)(=O)O.[Na+].[Na+]. The van der Waals surface area contributed by atoms with Crippen LogP contribution in [0.3, 0.4) is 0 Å². The second kappa shape index (κ2) is 16.1. The maximum absolute atomic E-state index is 12.2. The van der Waals surface area contributed by atoms with Crippen LogP contribution in [0.4, 0.5) is 0 Å². The minimum absolute atomic E-state index is 0. The van der Waals surface area contributed by atoms with E-state index in [4.69, 9.17) is 0 Å². The molecule has 0 aromatic heterocycles. The Bertz CT molecular complexity index is 935. The van der Waals surface area contributed by atoms with Crippen LogP contribution in [0.5, 0.6) is 0 Å². The first-order chi connectivity index (χ1) is 15.2. The first-order valence-electron chi connectivity index (χ1n) is 10.6. The summed E-state index contributed by atoms with van der Waals surface area (Å²) in [6.07, 6.45) is 2.28. The second-order valence-corrected chi connectivity index (χ2v) is 9.54. The second-order valence-electron chi connectivity index (χ2n) is 8.04. The van der Waals surface area contributed by atoms with Crippen LogP contribution in [-0.4, -0.2) is 30.2 Å². The number of rotatable bonds is 14. The molecular weight excluding hydrogens is 478 g/mol. The zero-order valence-corrected chi connectivity index (χ0v) is 24.6. The van der Waals surface area contributed by atoms with Crippen molar-refractivity contribution in [1.82, 2.24) is 0 Å². The number of hydrogen-bond acceptors (Lipinski definition) is 6. The van der Waals surface area contributed by atoms with E-state index in [-0.39, 0.29) is 84.8 Å². The largest absolute Gasteiger partial charge is 1.00 e. The van der Waals surface area contributed by atoms with Gasteiger partial charge in [0.05, 0.1) is 5.97 Å². The van der Waals surface area contributed by atoms with Crippen molar-refractivity contribution < 1.29 is 91.9 Å². The van der Waals surface area contributed by atoms with E-state index >= 15 is 0 Å². The molecule has 0 aliphatic rings. The Balaban J connectivity index is 0.00000544. The fourth-order valence-corrected chi connectivity index (χ4v) is 5.30. The Kier molecular flexibility index (Phi) is 15.8. The van der Waals surface area contributed by atoms with Crippen LogP contribution >= 0.6 is 0 Å². The van der Waals surface area contributed by atoms with E-state index in [1.807, 2.05) is 60.7 Å². The fourth-order valence-electron chi connectivity index (χ4n) is 4.16. The van der Waals surface area contributed by atoms with E-state index in [1.54, 1.807) is 0 Å². The smallest absolute Gasteiger partial charge is 0.549 e. The molecule has 0 amide bonds. The molecule has 0 aliphatic carbocycles. The standard InChI is InChI=1S/C24H30O7S.2Na/c25-22(26)21(32(29,30)31)24(23(27)28,17-9-7-15-19-11-3-1-4-12-19)18-10-8-16-20-13-5-2-6-14-20;;/h1-6,11-14,21H,7-10,15-18H2,(H,25,26)(H,27,28)(H,29,30,31);;/q;2*+1/p-2. The van der Waals surface area contributed by atoms with Gasteiger partial charge >= 0.3 is 59.1 Å². The van der Waals surface area contributed by atoms with Crippen molar-refractivity contribution in [1.29, 1.82) is 0 Å². The van der Waals surface area contributed by atoms with Crippen molar-refractivity contribution in [2.24, 2.45) is 5.41 Å². The van der Waals surface area contributed by atoms with Gasteiger partial charge in [-0.25, -0.2) is 0 Å². The molecule has 0 spiro atoms. The average molecular weight is 507 g/mol. The Morgan fingerprint density at radius 2 is 1.15 bits per heavy atom. The number of carboxylic acid groups (broad SMARTS) is 2. The van der Waals surface area contributed by atoms with E-state index in [1.165, 1.54) is 0 Å². The summed E-state index contributed by atoms with van der Waals surface area (Å²) >= 11 is 0. The van der Waals surface area contributed by atoms with Gasteiger partial charge in [-0.1, -0.05) is 73.5 Å². The first kappa shape index (κ1) is 33.3. The third-order valence-corrected chi connectivity index (χ3v) is 7.02. The number of benzene rings is 2. The summed E-state index contributed by atoms with van der Waals surface area (Å²) in [7, 11) is -5.23. The maximum atomic E-state index is 12.2. The van der Waals surface area contributed by atoms with Crippen molar-refractivity contribution in [3.63, 3.8) is 0 Å². The molecule has 0 fully saturated rings. The molecule has 0 bridgehead atoms. The molecule has 2 aromatic carbocycles. The summed E-state index contributed by atoms with van der Waals surface area (Å²) in [6, 6.07) is 18.9. The summed E-state index contributed by atoms with van der Waals surface area (Å²) in [5.74, 6) is -3.94. The van der Waals surface area contributed by atoms with E-state index < -0.39 is 32.7 Å². The minimum atomic E-state index is -5.23. The minimum Gasteiger partial charge on any atom is -0.549 e. The third-order valence-electron chi connectivity index (χ3n) is 5.78. The molecular formula is C24H28Na2O7S. The number of aryl methyl sites for hydroxylation is 2. The van der Waals surface area contributed by atoms with Crippen molar-refractivity contribution in [3.05, 3.63) is 71.8 Å². The summed E-state index contributed by atoms with van der Waals surface area (Å²) < 4.78 is 33.3. The molecule has 1 atom stereocenters. The number of aliphatic carboxylic acids is 2. The number of carbonyl (C=O) groups is 2. The van der Waals surface area contributed by atoms with Gasteiger partial charge < -0.3 is 19.8 Å². The molecule has 2 aromatic rings. The monoisotopic (exact) mass is 506 g/mol. The van der Waals surface area contributed by atoms with E-state index in [2.05, 4.69) is 0 Å². The fraction of sp³-hybridized carbons (Fsp3) is 0.417. The quantitative estimate of drug-likeness (QED) is 0.155. The van der Waals surface area contributed by atoms with Gasteiger partial charge in [-0.3, -0.25) is 4.55 Å². The van der Waals surface area contributed by atoms with E-state index in [0.717, 1.165) is 11.1 Å². The van der Waals surface area contributed by atoms with E-state index in [0.29, 0.717) is 25.7 Å². The molecule has 1 N–H and O–H groups in total. The zero-order chi connectivity index (χ0) is 23.6. The normalized spacial score (nSPS) is 12.1.